The first-order valence-corrected chi connectivity index (χ1v) is 9.71. The van der Waals surface area contributed by atoms with Gasteiger partial charge in [-0.2, -0.15) is 0 Å². The predicted octanol–water partition coefficient (Wildman–Crippen LogP) is 5.13. The lowest BCUT2D eigenvalue weighted by Gasteiger charge is -2.15. The number of anilines is 1. The van der Waals surface area contributed by atoms with E-state index in [1.165, 1.54) is 0 Å². The third-order valence-electron chi connectivity index (χ3n) is 5.14. The van der Waals surface area contributed by atoms with Gasteiger partial charge in [0.05, 0.1) is 11.0 Å². The number of aromatic nitrogens is 1. The summed E-state index contributed by atoms with van der Waals surface area (Å²) >= 11 is 0. The Bertz CT molecular complexity index is 1460. The molecule has 0 aliphatic carbocycles. The maximum atomic E-state index is 12.9. The third-order valence-corrected chi connectivity index (χ3v) is 5.14. The molecule has 2 N–H and O–H groups in total. The Labute approximate surface area is 174 Å². The van der Waals surface area contributed by atoms with Crippen LogP contribution in [-0.2, 0) is 0 Å². The van der Waals surface area contributed by atoms with Crippen molar-refractivity contribution in [2.45, 2.75) is 0 Å². The molecule has 5 aromatic rings. The zero-order chi connectivity index (χ0) is 20.5. The summed E-state index contributed by atoms with van der Waals surface area (Å²) in [6.45, 7) is 0. The number of nitrogens with two attached hydrogens (primary N) is 1. The van der Waals surface area contributed by atoms with E-state index >= 15 is 0 Å². The maximum absolute atomic E-state index is 12.9. The number of nitrogens with zero attached hydrogens (tertiary/aromatic N) is 1. The fourth-order valence-corrected chi connectivity index (χ4v) is 3.73. The van der Waals surface area contributed by atoms with E-state index in [0.29, 0.717) is 16.5 Å². The fourth-order valence-electron chi connectivity index (χ4n) is 3.73. The van der Waals surface area contributed by atoms with Gasteiger partial charge in [0.1, 0.15) is 0 Å². The van der Waals surface area contributed by atoms with Gasteiger partial charge in [-0.1, -0.05) is 42.2 Å². The maximum Gasteiger partial charge on any atom is 0.197 e. The van der Waals surface area contributed by atoms with Gasteiger partial charge in [0.15, 0.2) is 5.43 Å². The normalized spacial score (nSPS) is 10.7. The van der Waals surface area contributed by atoms with Crippen LogP contribution in [0.3, 0.4) is 0 Å². The molecule has 30 heavy (non-hydrogen) atoms. The van der Waals surface area contributed by atoms with E-state index in [0.717, 1.165) is 27.8 Å². The van der Waals surface area contributed by atoms with E-state index in [4.69, 9.17) is 5.73 Å². The lowest BCUT2D eigenvalue weighted by atomic mass is 10.1. The molecule has 0 atom stereocenters. The second-order valence-electron chi connectivity index (χ2n) is 7.12. The van der Waals surface area contributed by atoms with Crippen LogP contribution in [0.4, 0.5) is 5.69 Å². The Kier molecular flexibility index (Phi) is 4.31. The van der Waals surface area contributed by atoms with Crippen molar-refractivity contribution in [3.63, 3.8) is 0 Å². The van der Waals surface area contributed by atoms with Gasteiger partial charge >= 0.3 is 0 Å². The molecular formula is C27H18N2O. The van der Waals surface area contributed by atoms with Crippen LogP contribution in [0.15, 0.2) is 102 Å². The van der Waals surface area contributed by atoms with Crippen molar-refractivity contribution in [2.75, 3.05) is 5.73 Å². The molecule has 0 bridgehead atoms. The molecule has 0 saturated carbocycles. The van der Waals surface area contributed by atoms with Crippen LogP contribution in [0.1, 0.15) is 11.1 Å². The number of para-hydroxylation sites is 2. The van der Waals surface area contributed by atoms with Crippen molar-refractivity contribution in [1.29, 1.82) is 0 Å². The molecule has 142 valence electrons. The highest BCUT2D eigenvalue weighted by atomic mass is 16.1. The van der Waals surface area contributed by atoms with Crippen LogP contribution in [0.25, 0.3) is 27.5 Å². The van der Waals surface area contributed by atoms with Crippen molar-refractivity contribution >= 4 is 27.5 Å². The minimum Gasteiger partial charge on any atom is -0.399 e. The Balaban J connectivity index is 1.64. The van der Waals surface area contributed by atoms with Crippen LogP contribution in [0.2, 0.25) is 0 Å². The highest BCUT2D eigenvalue weighted by Gasteiger charge is 2.11. The van der Waals surface area contributed by atoms with Crippen LogP contribution in [-0.4, -0.2) is 4.57 Å². The molecule has 4 aromatic carbocycles. The average molecular weight is 386 g/mol. The molecule has 5 rings (SSSR count). The van der Waals surface area contributed by atoms with E-state index in [2.05, 4.69) is 16.4 Å². The summed E-state index contributed by atoms with van der Waals surface area (Å²) in [5, 5.41) is 1.42. The monoisotopic (exact) mass is 386 g/mol. The number of nitrogen functional groups attached to an aromatic ring is 1. The summed E-state index contributed by atoms with van der Waals surface area (Å²) in [6.07, 6.45) is 0. The molecule has 1 aromatic heterocycles. The minimum absolute atomic E-state index is 0.0575. The van der Waals surface area contributed by atoms with E-state index in [1.54, 1.807) is 0 Å². The van der Waals surface area contributed by atoms with Gasteiger partial charge in [0.25, 0.3) is 0 Å². The average Bonchev–Trinajstić information content (AvgIpc) is 2.79. The Morgan fingerprint density at radius 2 is 1.23 bits per heavy atom. The van der Waals surface area contributed by atoms with Crippen LogP contribution in [0, 0.1) is 11.8 Å². The summed E-state index contributed by atoms with van der Waals surface area (Å²) in [4.78, 5) is 12.9. The first-order chi connectivity index (χ1) is 14.7. The van der Waals surface area contributed by atoms with E-state index in [-0.39, 0.29) is 5.43 Å². The number of hydrogen-bond acceptors (Lipinski definition) is 2. The smallest absolute Gasteiger partial charge is 0.197 e. The lowest BCUT2D eigenvalue weighted by Crippen LogP contribution is -2.10. The quantitative estimate of drug-likeness (QED) is 0.247. The van der Waals surface area contributed by atoms with Gasteiger partial charge in [-0.3, -0.25) is 4.79 Å². The number of rotatable bonds is 1. The van der Waals surface area contributed by atoms with Gasteiger partial charge in [-0.25, -0.2) is 0 Å². The summed E-state index contributed by atoms with van der Waals surface area (Å²) in [6, 6.07) is 31.0. The first-order valence-electron chi connectivity index (χ1n) is 9.71. The molecular weight excluding hydrogens is 368 g/mol. The molecule has 0 spiro atoms. The van der Waals surface area contributed by atoms with Crippen molar-refractivity contribution in [3.8, 4) is 17.5 Å². The number of pyridine rings is 1. The van der Waals surface area contributed by atoms with Crippen molar-refractivity contribution < 1.29 is 0 Å². The summed E-state index contributed by atoms with van der Waals surface area (Å²) in [5.74, 6) is 6.34. The molecule has 0 fully saturated rings. The topological polar surface area (TPSA) is 48.0 Å². The first kappa shape index (κ1) is 17.8. The molecule has 0 radical (unpaired) electrons. The molecule has 3 heteroatoms. The van der Waals surface area contributed by atoms with Gasteiger partial charge in [0, 0.05) is 33.3 Å². The zero-order valence-electron chi connectivity index (χ0n) is 16.2. The number of hydrogen-bond donors (Lipinski definition) is 1. The predicted molar refractivity (Wildman–Crippen MR) is 124 cm³/mol. The number of fused-ring (bicyclic) bond motifs is 2. The minimum atomic E-state index is 0.0575. The second kappa shape index (κ2) is 7.27. The molecule has 3 nitrogen and oxygen atoms in total. The van der Waals surface area contributed by atoms with Gasteiger partial charge in [-0.05, 0) is 66.7 Å². The van der Waals surface area contributed by atoms with Crippen LogP contribution < -0.4 is 11.2 Å². The van der Waals surface area contributed by atoms with Gasteiger partial charge in [-0.15, -0.1) is 0 Å². The molecule has 0 unspecified atom stereocenters. The summed E-state index contributed by atoms with van der Waals surface area (Å²) in [7, 11) is 0. The van der Waals surface area contributed by atoms with E-state index in [1.807, 2.05) is 97.1 Å². The van der Waals surface area contributed by atoms with E-state index in [9.17, 15) is 4.79 Å². The molecule has 0 aliphatic heterocycles. The SMILES string of the molecule is Nc1cccc(C#Cc2ccc(-n3c4ccccc4c(=O)c4ccccc43)cc2)c1. The van der Waals surface area contributed by atoms with Gasteiger partial charge in [0.2, 0.25) is 0 Å². The summed E-state index contributed by atoms with van der Waals surface area (Å²) in [5.41, 5.74) is 11.1. The van der Waals surface area contributed by atoms with Crippen molar-refractivity contribution in [2.24, 2.45) is 0 Å². The summed E-state index contributed by atoms with van der Waals surface area (Å²) < 4.78 is 2.13. The van der Waals surface area contributed by atoms with Crippen LogP contribution in [0.5, 0.6) is 0 Å². The standard InChI is InChI=1S/C27H18N2O/c28-21-7-5-6-20(18-21)13-12-19-14-16-22(17-15-19)29-25-10-3-1-8-23(25)27(30)24-9-2-4-11-26(24)29/h1-11,14-18H,28H2. The molecule has 0 saturated heterocycles. The lowest BCUT2D eigenvalue weighted by molar-refractivity contribution is 1.16. The zero-order valence-corrected chi connectivity index (χ0v) is 16.2. The highest BCUT2D eigenvalue weighted by Crippen LogP contribution is 2.24. The Morgan fingerprint density at radius 1 is 0.633 bits per heavy atom. The van der Waals surface area contributed by atoms with Crippen molar-refractivity contribution in [1.82, 2.24) is 4.57 Å². The molecule has 1 heterocycles. The fraction of sp³-hybridized carbons (Fsp3) is 0. The second-order valence-corrected chi connectivity index (χ2v) is 7.12. The third kappa shape index (κ3) is 3.11. The molecule has 0 amide bonds. The van der Waals surface area contributed by atoms with E-state index < -0.39 is 0 Å². The molecule has 0 aliphatic rings. The Morgan fingerprint density at radius 3 is 1.87 bits per heavy atom. The Hall–Kier alpha value is -4.29. The highest BCUT2D eigenvalue weighted by molar-refractivity contribution is 5.95. The van der Waals surface area contributed by atoms with Crippen molar-refractivity contribution in [3.05, 3.63) is 118 Å². The van der Waals surface area contributed by atoms with Crippen LogP contribution >= 0.6 is 0 Å². The number of benzene rings is 4. The largest absolute Gasteiger partial charge is 0.399 e. The van der Waals surface area contributed by atoms with Gasteiger partial charge < -0.3 is 10.3 Å².